The average Bonchev–Trinajstić information content (AvgIpc) is 3.39. The molecule has 8 heteroatoms. The molecule has 1 aliphatic heterocycles. The number of aliphatic carboxylic acids is 1. The number of fused-ring (bicyclic) bond motifs is 3. The monoisotopic (exact) mass is 466 g/mol. The number of amides is 2. The van der Waals surface area contributed by atoms with Crippen LogP contribution in [0.3, 0.4) is 0 Å². The standard InChI is InChI=1S/C26H30N2O6/c1-15(2)13-22(25(30)31)27-24(29)23-21(11-12-33-23)28-26(32)34-14-20-18-9-5-3-7-16(18)17-8-4-6-10-19(17)20/h3-10,15,20-23H,11-14H2,1-2H3,(H,27,29)(H,28,32)(H,30,31)/t21-,22?,23+/m0/s1. The summed E-state index contributed by atoms with van der Waals surface area (Å²) in [6.07, 6.45) is -0.857. The van der Waals surface area contributed by atoms with Crippen LogP contribution in [0.1, 0.15) is 43.7 Å². The predicted octanol–water partition coefficient (Wildman–Crippen LogP) is 3.30. The number of carboxylic acid groups (broad SMARTS) is 1. The average molecular weight is 467 g/mol. The molecule has 0 aromatic heterocycles. The van der Waals surface area contributed by atoms with Crippen molar-refractivity contribution in [3.8, 4) is 11.1 Å². The second kappa shape index (κ2) is 10.3. The van der Waals surface area contributed by atoms with Crippen LogP contribution in [0.5, 0.6) is 0 Å². The highest BCUT2D eigenvalue weighted by Crippen LogP contribution is 2.44. The Kier molecular flexibility index (Phi) is 7.17. The van der Waals surface area contributed by atoms with Crippen LogP contribution < -0.4 is 10.6 Å². The molecule has 3 N–H and O–H groups in total. The summed E-state index contributed by atoms with van der Waals surface area (Å²) < 4.78 is 11.1. The van der Waals surface area contributed by atoms with Crippen LogP contribution in [-0.2, 0) is 19.1 Å². The summed E-state index contributed by atoms with van der Waals surface area (Å²) in [6.45, 7) is 4.22. The third-order valence-corrected chi connectivity index (χ3v) is 6.32. The molecule has 2 aliphatic rings. The molecule has 2 amide bonds. The van der Waals surface area contributed by atoms with E-state index in [1.54, 1.807) is 0 Å². The summed E-state index contributed by atoms with van der Waals surface area (Å²) in [5, 5.41) is 14.7. The lowest BCUT2D eigenvalue weighted by molar-refractivity contribution is -0.144. The van der Waals surface area contributed by atoms with Crippen LogP contribution in [-0.4, -0.2) is 54.5 Å². The van der Waals surface area contributed by atoms with Gasteiger partial charge in [-0.25, -0.2) is 9.59 Å². The van der Waals surface area contributed by atoms with Gasteiger partial charge >= 0.3 is 12.1 Å². The van der Waals surface area contributed by atoms with Crippen molar-refractivity contribution >= 4 is 18.0 Å². The molecule has 180 valence electrons. The third-order valence-electron chi connectivity index (χ3n) is 6.32. The van der Waals surface area contributed by atoms with Crippen LogP contribution >= 0.6 is 0 Å². The second-order valence-corrected chi connectivity index (χ2v) is 9.19. The van der Waals surface area contributed by atoms with Crippen LogP contribution in [0.25, 0.3) is 11.1 Å². The summed E-state index contributed by atoms with van der Waals surface area (Å²) >= 11 is 0. The Morgan fingerprint density at radius 1 is 1.06 bits per heavy atom. The van der Waals surface area contributed by atoms with Crippen molar-refractivity contribution in [3.63, 3.8) is 0 Å². The van der Waals surface area contributed by atoms with Gasteiger partial charge in [-0.3, -0.25) is 4.79 Å². The Morgan fingerprint density at radius 2 is 1.68 bits per heavy atom. The topological polar surface area (TPSA) is 114 Å². The molecule has 0 spiro atoms. The third kappa shape index (κ3) is 5.07. The van der Waals surface area contributed by atoms with Gasteiger partial charge in [-0.2, -0.15) is 0 Å². The number of nitrogens with one attached hydrogen (secondary N) is 2. The molecule has 1 aliphatic carbocycles. The number of hydrogen-bond acceptors (Lipinski definition) is 5. The van der Waals surface area contributed by atoms with E-state index in [0.29, 0.717) is 12.8 Å². The van der Waals surface area contributed by atoms with Gasteiger partial charge in [0.05, 0.1) is 6.04 Å². The molecule has 1 unspecified atom stereocenters. The van der Waals surface area contributed by atoms with Gasteiger partial charge in [-0.05, 0) is 41.0 Å². The molecular formula is C26H30N2O6. The SMILES string of the molecule is CC(C)CC(NC(=O)[C@@H]1OCC[C@@H]1NC(=O)OCC1c2ccccc2-c2ccccc21)C(=O)O. The molecule has 2 aromatic rings. The lowest BCUT2D eigenvalue weighted by atomic mass is 9.98. The van der Waals surface area contributed by atoms with Crippen LogP contribution in [0.15, 0.2) is 48.5 Å². The van der Waals surface area contributed by atoms with E-state index in [4.69, 9.17) is 9.47 Å². The lowest BCUT2D eigenvalue weighted by Gasteiger charge is -2.23. The maximum atomic E-state index is 12.7. The Balaban J connectivity index is 1.36. The Morgan fingerprint density at radius 3 is 2.26 bits per heavy atom. The molecule has 1 fully saturated rings. The zero-order chi connectivity index (χ0) is 24.2. The highest BCUT2D eigenvalue weighted by atomic mass is 16.6. The minimum Gasteiger partial charge on any atom is -0.480 e. The van der Waals surface area contributed by atoms with E-state index in [0.717, 1.165) is 22.3 Å². The van der Waals surface area contributed by atoms with Gasteiger partial charge in [0.2, 0.25) is 0 Å². The van der Waals surface area contributed by atoms with Gasteiger partial charge in [-0.1, -0.05) is 62.4 Å². The van der Waals surface area contributed by atoms with Crippen molar-refractivity contribution in [1.29, 1.82) is 0 Å². The molecule has 1 heterocycles. The molecule has 34 heavy (non-hydrogen) atoms. The number of alkyl carbamates (subject to hydrolysis) is 1. The highest BCUT2D eigenvalue weighted by molar-refractivity contribution is 5.87. The van der Waals surface area contributed by atoms with E-state index < -0.39 is 36.2 Å². The number of carbonyl (C=O) groups excluding carboxylic acids is 2. The fraction of sp³-hybridized carbons (Fsp3) is 0.423. The zero-order valence-corrected chi connectivity index (χ0v) is 19.3. The normalized spacial score (nSPS) is 19.9. The van der Waals surface area contributed by atoms with Gasteiger partial charge in [0.1, 0.15) is 12.6 Å². The number of carboxylic acids is 1. The minimum absolute atomic E-state index is 0.0653. The van der Waals surface area contributed by atoms with E-state index in [1.165, 1.54) is 0 Å². The van der Waals surface area contributed by atoms with E-state index in [-0.39, 0.29) is 25.0 Å². The molecule has 8 nitrogen and oxygen atoms in total. The quantitative estimate of drug-likeness (QED) is 0.550. The molecule has 0 radical (unpaired) electrons. The fourth-order valence-electron chi connectivity index (χ4n) is 4.73. The number of ether oxygens (including phenoxy) is 2. The van der Waals surface area contributed by atoms with E-state index in [2.05, 4.69) is 22.8 Å². The van der Waals surface area contributed by atoms with E-state index in [9.17, 15) is 19.5 Å². The molecule has 1 saturated heterocycles. The van der Waals surface area contributed by atoms with E-state index >= 15 is 0 Å². The number of rotatable bonds is 8. The molecular weight excluding hydrogens is 436 g/mol. The lowest BCUT2D eigenvalue weighted by Crippen LogP contribution is -2.52. The zero-order valence-electron chi connectivity index (χ0n) is 19.3. The first kappa shape index (κ1) is 23.8. The Bertz CT molecular complexity index is 1020. The fourth-order valence-corrected chi connectivity index (χ4v) is 4.73. The molecule has 4 rings (SSSR count). The molecule has 2 aromatic carbocycles. The van der Waals surface area contributed by atoms with Crippen LogP contribution in [0.2, 0.25) is 0 Å². The van der Waals surface area contributed by atoms with Gasteiger partial charge in [-0.15, -0.1) is 0 Å². The first-order valence-corrected chi connectivity index (χ1v) is 11.6. The van der Waals surface area contributed by atoms with Crippen molar-refractivity contribution in [3.05, 3.63) is 59.7 Å². The van der Waals surface area contributed by atoms with Crippen molar-refractivity contribution in [2.75, 3.05) is 13.2 Å². The second-order valence-electron chi connectivity index (χ2n) is 9.19. The number of hydrogen-bond donors (Lipinski definition) is 3. The van der Waals surface area contributed by atoms with Gasteiger partial charge < -0.3 is 25.2 Å². The van der Waals surface area contributed by atoms with Gasteiger partial charge in [0, 0.05) is 12.5 Å². The van der Waals surface area contributed by atoms with Crippen molar-refractivity contribution in [2.24, 2.45) is 5.92 Å². The number of carbonyl (C=O) groups is 3. The summed E-state index contributed by atoms with van der Waals surface area (Å²) in [4.78, 5) is 36.8. The summed E-state index contributed by atoms with van der Waals surface area (Å²) in [7, 11) is 0. The smallest absolute Gasteiger partial charge is 0.407 e. The molecule has 0 saturated carbocycles. The highest BCUT2D eigenvalue weighted by Gasteiger charge is 2.38. The Labute approximate surface area is 198 Å². The predicted molar refractivity (Wildman–Crippen MR) is 125 cm³/mol. The van der Waals surface area contributed by atoms with Crippen LogP contribution in [0.4, 0.5) is 4.79 Å². The van der Waals surface area contributed by atoms with Gasteiger partial charge in [0.25, 0.3) is 5.91 Å². The summed E-state index contributed by atoms with van der Waals surface area (Å²) in [5.41, 5.74) is 4.51. The van der Waals surface area contributed by atoms with Crippen molar-refractivity contribution < 1.29 is 29.0 Å². The first-order chi connectivity index (χ1) is 16.3. The molecule has 3 atom stereocenters. The van der Waals surface area contributed by atoms with Crippen LogP contribution in [0, 0.1) is 5.92 Å². The van der Waals surface area contributed by atoms with Gasteiger partial charge in [0.15, 0.2) is 6.10 Å². The maximum Gasteiger partial charge on any atom is 0.407 e. The summed E-state index contributed by atoms with van der Waals surface area (Å²) in [5.74, 6) is -1.61. The number of benzene rings is 2. The largest absolute Gasteiger partial charge is 0.480 e. The van der Waals surface area contributed by atoms with E-state index in [1.807, 2.05) is 50.2 Å². The Hall–Kier alpha value is -3.39. The minimum atomic E-state index is -1.10. The van der Waals surface area contributed by atoms with Crippen molar-refractivity contribution in [2.45, 2.75) is 50.8 Å². The summed E-state index contributed by atoms with van der Waals surface area (Å²) in [6, 6.07) is 14.6. The maximum absolute atomic E-state index is 12.7. The van der Waals surface area contributed by atoms with Crippen molar-refractivity contribution in [1.82, 2.24) is 10.6 Å². The molecule has 0 bridgehead atoms. The first-order valence-electron chi connectivity index (χ1n) is 11.6.